The first-order chi connectivity index (χ1) is 11.1. The zero-order valence-electron chi connectivity index (χ0n) is 12.2. The number of amides is 1. The molecule has 2 N–H and O–H groups in total. The van der Waals surface area contributed by atoms with Crippen LogP contribution in [0.4, 0.5) is 4.39 Å². The van der Waals surface area contributed by atoms with Crippen LogP contribution in [0.5, 0.6) is 5.75 Å². The number of halogens is 2. The van der Waals surface area contributed by atoms with Crippen molar-refractivity contribution in [3.05, 3.63) is 63.9 Å². The molecule has 2 aromatic carbocycles. The topological polar surface area (TPSA) is 58.6 Å². The highest BCUT2D eigenvalue weighted by Crippen LogP contribution is 2.28. The molecule has 1 heterocycles. The molecule has 0 aliphatic carbocycles. The van der Waals surface area contributed by atoms with Gasteiger partial charge in [-0.15, -0.1) is 0 Å². The number of aliphatic hydroxyl groups excluding tert-OH is 1. The fourth-order valence-electron chi connectivity index (χ4n) is 2.52. The number of ether oxygens (including phenoxy) is 1. The summed E-state index contributed by atoms with van der Waals surface area (Å²) < 4.78 is 19.1. The first-order valence-corrected chi connectivity index (χ1v) is 7.60. The second kappa shape index (κ2) is 6.56. The maximum Gasteiger partial charge on any atom is 0.255 e. The van der Waals surface area contributed by atoms with Crippen LogP contribution in [0.15, 0.2) is 36.4 Å². The average molecular weight is 336 g/mol. The molecule has 1 aliphatic rings. The molecular formula is C17H15ClFNO3. The monoisotopic (exact) mass is 335 g/mol. The van der Waals surface area contributed by atoms with Gasteiger partial charge < -0.3 is 15.2 Å². The molecule has 0 bridgehead atoms. The highest BCUT2D eigenvalue weighted by molar-refractivity contribution is 6.33. The molecule has 0 fully saturated rings. The van der Waals surface area contributed by atoms with Gasteiger partial charge in [0.05, 0.1) is 23.3 Å². The third kappa shape index (κ3) is 3.30. The minimum atomic E-state index is -0.893. The van der Waals surface area contributed by atoms with Gasteiger partial charge in [0, 0.05) is 13.0 Å². The summed E-state index contributed by atoms with van der Waals surface area (Å²) in [5, 5.41) is 12.7. The zero-order valence-corrected chi connectivity index (χ0v) is 12.9. The number of fused-ring (bicyclic) bond motifs is 1. The van der Waals surface area contributed by atoms with Gasteiger partial charge in [-0.05, 0) is 35.4 Å². The van der Waals surface area contributed by atoms with Crippen molar-refractivity contribution in [2.24, 2.45) is 0 Å². The molecule has 4 nitrogen and oxygen atoms in total. The van der Waals surface area contributed by atoms with Gasteiger partial charge in [0.25, 0.3) is 5.91 Å². The SMILES string of the molecule is O=C(NC[C@H](O)c1ccc2c(c1)CCO2)c1c(F)cccc1Cl. The van der Waals surface area contributed by atoms with Gasteiger partial charge in [-0.1, -0.05) is 23.7 Å². The van der Waals surface area contributed by atoms with Gasteiger partial charge in [0.2, 0.25) is 0 Å². The molecule has 2 aromatic rings. The number of aliphatic hydroxyl groups is 1. The van der Waals surface area contributed by atoms with E-state index in [2.05, 4.69) is 5.32 Å². The van der Waals surface area contributed by atoms with E-state index in [1.807, 2.05) is 6.07 Å². The number of rotatable bonds is 4. The van der Waals surface area contributed by atoms with Crippen molar-refractivity contribution in [3.8, 4) is 5.75 Å². The number of hydrogen-bond acceptors (Lipinski definition) is 3. The van der Waals surface area contributed by atoms with E-state index in [0.717, 1.165) is 23.8 Å². The van der Waals surface area contributed by atoms with Crippen molar-refractivity contribution < 1.29 is 19.0 Å². The maximum absolute atomic E-state index is 13.7. The Labute approximate surface area is 137 Å². The fraction of sp³-hybridized carbons (Fsp3) is 0.235. The Hall–Kier alpha value is -2.11. The molecule has 6 heteroatoms. The lowest BCUT2D eigenvalue weighted by Crippen LogP contribution is -2.29. The lowest BCUT2D eigenvalue weighted by molar-refractivity contribution is 0.0912. The fourth-order valence-corrected chi connectivity index (χ4v) is 2.77. The van der Waals surface area contributed by atoms with Gasteiger partial charge in [-0.25, -0.2) is 4.39 Å². The molecule has 0 spiro atoms. The van der Waals surface area contributed by atoms with Gasteiger partial charge >= 0.3 is 0 Å². The number of hydrogen-bond donors (Lipinski definition) is 2. The van der Waals surface area contributed by atoms with Crippen LogP contribution in [0, 0.1) is 5.82 Å². The molecule has 1 amide bonds. The number of nitrogens with one attached hydrogen (secondary N) is 1. The van der Waals surface area contributed by atoms with E-state index in [1.54, 1.807) is 12.1 Å². The van der Waals surface area contributed by atoms with Crippen molar-refractivity contribution >= 4 is 17.5 Å². The smallest absolute Gasteiger partial charge is 0.255 e. The molecule has 0 saturated carbocycles. The lowest BCUT2D eigenvalue weighted by atomic mass is 10.0. The summed E-state index contributed by atoms with van der Waals surface area (Å²) in [6.07, 6.45) is -0.0945. The predicted molar refractivity (Wildman–Crippen MR) is 84.3 cm³/mol. The van der Waals surface area contributed by atoms with Gasteiger partial charge in [-0.3, -0.25) is 4.79 Å². The third-order valence-electron chi connectivity index (χ3n) is 3.74. The second-order valence-electron chi connectivity index (χ2n) is 5.29. The maximum atomic E-state index is 13.7. The Kier molecular flexibility index (Phi) is 4.50. The summed E-state index contributed by atoms with van der Waals surface area (Å²) in [6, 6.07) is 9.44. The van der Waals surface area contributed by atoms with Crippen molar-refractivity contribution in [1.29, 1.82) is 0 Å². The Bertz CT molecular complexity index is 730. The standard InChI is InChI=1S/C17H15ClFNO3/c18-12-2-1-3-13(19)16(12)17(22)20-9-14(21)10-4-5-15-11(8-10)6-7-23-15/h1-5,8,14,21H,6-7,9H2,(H,20,22)/t14-/m0/s1. The quantitative estimate of drug-likeness (QED) is 0.903. The van der Waals surface area contributed by atoms with Crippen LogP contribution in [0.3, 0.4) is 0 Å². The van der Waals surface area contributed by atoms with Crippen LogP contribution in [0.25, 0.3) is 0 Å². The number of carbonyl (C=O) groups is 1. The molecule has 1 atom stereocenters. The number of carbonyl (C=O) groups excluding carboxylic acids is 1. The van der Waals surface area contributed by atoms with Crippen LogP contribution >= 0.6 is 11.6 Å². The summed E-state index contributed by atoms with van der Waals surface area (Å²) in [4.78, 5) is 12.0. The lowest BCUT2D eigenvalue weighted by Gasteiger charge is -2.14. The third-order valence-corrected chi connectivity index (χ3v) is 4.06. The second-order valence-corrected chi connectivity index (χ2v) is 5.70. The van der Waals surface area contributed by atoms with E-state index in [4.69, 9.17) is 16.3 Å². The van der Waals surface area contributed by atoms with E-state index in [1.165, 1.54) is 12.1 Å². The summed E-state index contributed by atoms with van der Waals surface area (Å²) in [5.74, 6) is -0.529. The molecule has 3 rings (SSSR count). The molecule has 0 aromatic heterocycles. The first kappa shape index (κ1) is 15.8. The molecule has 0 saturated heterocycles. The molecule has 0 radical (unpaired) electrons. The summed E-state index contributed by atoms with van der Waals surface area (Å²) in [7, 11) is 0. The van der Waals surface area contributed by atoms with Crippen LogP contribution in [0.2, 0.25) is 5.02 Å². The van der Waals surface area contributed by atoms with Crippen LogP contribution in [-0.2, 0) is 6.42 Å². The zero-order chi connectivity index (χ0) is 16.4. The van der Waals surface area contributed by atoms with Gasteiger partial charge in [-0.2, -0.15) is 0 Å². The highest BCUT2D eigenvalue weighted by Gasteiger charge is 2.19. The Balaban J connectivity index is 1.67. The number of benzene rings is 2. The van der Waals surface area contributed by atoms with Crippen LogP contribution in [0.1, 0.15) is 27.6 Å². The molecule has 0 unspecified atom stereocenters. The van der Waals surface area contributed by atoms with Gasteiger partial charge in [0.15, 0.2) is 0 Å². The van der Waals surface area contributed by atoms with E-state index < -0.39 is 17.8 Å². The summed E-state index contributed by atoms with van der Waals surface area (Å²) in [5.41, 5.74) is 1.49. The average Bonchev–Trinajstić information content (AvgIpc) is 3.00. The summed E-state index contributed by atoms with van der Waals surface area (Å²) >= 11 is 5.84. The van der Waals surface area contributed by atoms with Gasteiger partial charge in [0.1, 0.15) is 11.6 Å². The Morgan fingerprint density at radius 3 is 3.00 bits per heavy atom. The summed E-state index contributed by atoms with van der Waals surface area (Å²) in [6.45, 7) is 0.598. The van der Waals surface area contributed by atoms with E-state index in [0.29, 0.717) is 12.2 Å². The van der Waals surface area contributed by atoms with E-state index in [9.17, 15) is 14.3 Å². The minimum absolute atomic E-state index is 0.0340. The van der Waals surface area contributed by atoms with Crippen LogP contribution < -0.4 is 10.1 Å². The predicted octanol–water partition coefficient (Wildman–Crippen LogP) is 2.88. The minimum Gasteiger partial charge on any atom is -0.493 e. The van der Waals surface area contributed by atoms with Crippen molar-refractivity contribution in [2.75, 3.05) is 13.2 Å². The largest absolute Gasteiger partial charge is 0.493 e. The van der Waals surface area contributed by atoms with E-state index >= 15 is 0 Å². The molecular weight excluding hydrogens is 321 g/mol. The normalized spacial score (nSPS) is 14.0. The first-order valence-electron chi connectivity index (χ1n) is 7.22. The van der Waals surface area contributed by atoms with Crippen molar-refractivity contribution in [2.45, 2.75) is 12.5 Å². The van der Waals surface area contributed by atoms with Crippen LogP contribution in [-0.4, -0.2) is 24.2 Å². The van der Waals surface area contributed by atoms with Crippen molar-refractivity contribution in [1.82, 2.24) is 5.32 Å². The van der Waals surface area contributed by atoms with Crippen molar-refractivity contribution in [3.63, 3.8) is 0 Å². The Morgan fingerprint density at radius 2 is 2.22 bits per heavy atom. The van der Waals surface area contributed by atoms with E-state index in [-0.39, 0.29) is 17.1 Å². The molecule has 1 aliphatic heterocycles. The Morgan fingerprint density at radius 1 is 1.39 bits per heavy atom. The molecule has 120 valence electrons. The molecule has 23 heavy (non-hydrogen) atoms. The highest BCUT2D eigenvalue weighted by atomic mass is 35.5.